The minimum absolute atomic E-state index is 0.0456. The Kier molecular flexibility index (Phi) is 8.46. The topological polar surface area (TPSA) is 91.3 Å². The molecule has 0 aromatic heterocycles. The first-order valence-corrected chi connectivity index (χ1v) is 10.1. The zero-order valence-corrected chi connectivity index (χ0v) is 19.7. The number of phenolic OH excluding ortho intramolecular Hbond substituents is 1. The van der Waals surface area contributed by atoms with Gasteiger partial charge in [-0.05, 0) is 65.5 Å². The summed E-state index contributed by atoms with van der Waals surface area (Å²) in [5.41, 5.74) is 1.19. The molecular weight excluding hydrogens is 388 g/mol. The van der Waals surface area contributed by atoms with Crippen molar-refractivity contribution in [1.82, 2.24) is 0 Å². The molecule has 1 aromatic rings. The van der Waals surface area contributed by atoms with Gasteiger partial charge in [-0.3, -0.25) is 9.68 Å². The summed E-state index contributed by atoms with van der Waals surface area (Å²) in [5.74, 6) is -0.998. The van der Waals surface area contributed by atoms with Crippen molar-refractivity contribution in [3.8, 4) is 5.75 Å². The van der Waals surface area contributed by atoms with E-state index in [9.17, 15) is 14.7 Å². The predicted octanol–water partition coefficient (Wildman–Crippen LogP) is 5.02. The molecule has 0 heterocycles. The molecule has 0 unspecified atom stereocenters. The van der Waals surface area contributed by atoms with Crippen LogP contribution in [0.25, 0.3) is 0 Å². The highest BCUT2D eigenvalue weighted by Gasteiger charge is 2.26. The van der Waals surface area contributed by atoms with Crippen LogP contribution < -0.4 is 0 Å². The Balaban J connectivity index is 2.71. The maximum Gasteiger partial charge on any atom is 0.346 e. The Morgan fingerprint density at radius 2 is 1.30 bits per heavy atom. The Labute approximate surface area is 179 Å². The molecule has 0 aliphatic rings. The van der Waals surface area contributed by atoms with Crippen molar-refractivity contribution in [3.05, 3.63) is 28.8 Å². The van der Waals surface area contributed by atoms with Crippen LogP contribution in [-0.2, 0) is 46.6 Å². The molecule has 0 saturated carbocycles. The van der Waals surface area contributed by atoms with Gasteiger partial charge in [-0.2, -0.15) is 4.89 Å². The summed E-state index contributed by atoms with van der Waals surface area (Å²) in [7, 11) is 0. The van der Waals surface area contributed by atoms with Crippen LogP contribution in [0.15, 0.2) is 12.1 Å². The van der Waals surface area contributed by atoms with Crippen LogP contribution in [0, 0.1) is 0 Å². The fraction of sp³-hybridized carbons (Fsp3) is 0.652. The van der Waals surface area contributed by atoms with Crippen molar-refractivity contribution in [3.63, 3.8) is 0 Å². The Morgan fingerprint density at radius 3 is 1.73 bits per heavy atom. The van der Waals surface area contributed by atoms with Gasteiger partial charge in [0, 0.05) is 0 Å². The van der Waals surface area contributed by atoms with Crippen LogP contribution in [0.3, 0.4) is 0 Å². The van der Waals surface area contributed by atoms with E-state index in [0.29, 0.717) is 0 Å². The number of rotatable bonds is 7. The van der Waals surface area contributed by atoms with Crippen molar-refractivity contribution in [1.29, 1.82) is 0 Å². The minimum atomic E-state index is -0.731. The Morgan fingerprint density at radius 1 is 0.833 bits per heavy atom. The average molecular weight is 425 g/mol. The van der Waals surface area contributed by atoms with E-state index in [2.05, 4.69) is 9.93 Å². The summed E-state index contributed by atoms with van der Waals surface area (Å²) >= 11 is 0. The van der Waals surface area contributed by atoms with Crippen molar-refractivity contribution in [2.45, 2.75) is 98.2 Å². The molecule has 0 aliphatic carbocycles. The summed E-state index contributed by atoms with van der Waals surface area (Å²) in [6, 6.07) is 3.70. The molecule has 1 N–H and O–H groups in total. The van der Waals surface area contributed by atoms with Crippen LogP contribution in [0.2, 0.25) is 0 Å². The molecule has 30 heavy (non-hydrogen) atoms. The van der Waals surface area contributed by atoms with Gasteiger partial charge in [0.25, 0.3) is 0 Å². The highest BCUT2D eigenvalue weighted by atomic mass is 17.5. The van der Waals surface area contributed by atoms with E-state index >= 15 is 0 Å². The molecule has 0 amide bonds. The van der Waals surface area contributed by atoms with E-state index in [-0.39, 0.29) is 36.0 Å². The number of carbonyl (C=O) groups is 2. The molecule has 1 aromatic carbocycles. The van der Waals surface area contributed by atoms with Crippen LogP contribution in [0.1, 0.15) is 91.8 Å². The quantitative estimate of drug-likeness (QED) is 0.373. The fourth-order valence-electron chi connectivity index (χ4n) is 2.56. The van der Waals surface area contributed by atoms with Gasteiger partial charge in [0.15, 0.2) is 0 Å². The second-order valence-electron chi connectivity index (χ2n) is 10.4. The molecule has 0 saturated heterocycles. The minimum Gasteiger partial charge on any atom is -0.507 e. The lowest BCUT2D eigenvalue weighted by atomic mass is 9.78. The number of aromatic hydroxyl groups is 1. The zero-order valence-electron chi connectivity index (χ0n) is 19.7. The number of benzene rings is 1. The summed E-state index contributed by atoms with van der Waals surface area (Å²) < 4.78 is 5.31. The predicted molar refractivity (Wildman–Crippen MR) is 113 cm³/mol. The van der Waals surface area contributed by atoms with Crippen molar-refractivity contribution >= 4 is 11.9 Å². The Hall–Kier alpha value is -2.12. The first-order valence-electron chi connectivity index (χ1n) is 10.1. The van der Waals surface area contributed by atoms with Gasteiger partial charge in [-0.15, -0.1) is 0 Å². The third-order valence-electron chi connectivity index (χ3n) is 4.13. The molecule has 1 rings (SSSR count). The van der Waals surface area contributed by atoms with Gasteiger partial charge in [0.1, 0.15) is 12.4 Å². The molecule has 0 aliphatic heterocycles. The summed E-state index contributed by atoms with van der Waals surface area (Å²) in [6.45, 7) is 17.3. The molecule has 0 atom stereocenters. The molecule has 0 fully saturated rings. The van der Waals surface area contributed by atoms with E-state index in [4.69, 9.17) is 9.62 Å². The number of esters is 1. The van der Waals surface area contributed by atoms with Gasteiger partial charge in [-0.1, -0.05) is 41.5 Å². The third-order valence-corrected chi connectivity index (χ3v) is 4.13. The van der Waals surface area contributed by atoms with Gasteiger partial charge in [0.2, 0.25) is 0 Å². The standard InChI is InChI=1S/C23H36O7/c1-21(2,3)16-12-15(13-17(20(16)26)22(4,5)6)14-27-18(24)10-11-19(25)28-30-29-23(7,8)9/h12-13,26H,10-11,14H2,1-9H3. The second kappa shape index (κ2) is 9.79. The number of phenols is 1. The van der Waals surface area contributed by atoms with Crippen LogP contribution in [-0.4, -0.2) is 22.6 Å². The maximum absolute atomic E-state index is 12.0. The molecule has 7 nitrogen and oxygen atoms in total. The molecule has 170 valence electrons. The van der Waals surface area contributed by atoms with Crippen molar-refractivity contribution < 1.29 is 34.2 Å². The molecule has 0 bridgehead atoms. The van der Waals surface area contributed by atoms with E-state index in [0.717, 1.165) is 16.7 Å². The maximum atomic E-state index is 12.0. The number of ether oxygens (including phenoxy) is 1. The first-order chi connectivity index (χ1) is 13.5. The number of hydrogen-bond donors (Lipinski definition) is 1. The number of carbonyl (C=O) groups excluding carboxylic acids is 2. The van der Waals surface area contributed by atoms with Crippen molar-refractivity contribution in [2.75, 3.05) is 0 Å². The summed E-state index contributed by atoms with van der Waals surface area (Å²) in [6.07, 6.45) is -0.337. The first kappa shape index (κ1) is 25.9. The molecule has 0 radical (unpaired) electrons. The van der Waals surface area contributed by atoms with Crippen LogP contribution in [0.5, 0.6) is 5.75 Å². The largest absolute Gasteiger partial charge is 0.507 e. The van der Waals surface area contributed by atoms with Crippen molar-refractivity contribution in [2.24, 2.45) is 0 Å². The van der Waals surface area contributed by atoms with Gasteiger partial charge >= 0.3 is 11.9 Å². The monoisotopic (exact) mass is 424 g/mol. The molecule has 0 spiro atoms. The zero-order chi connectivity index (χ0) is 23.3. The van der Waals surface area contributed by atoms with Crippen LogP contribution in [0.4, 0.5) is 0 Å². The van der Waals surface area contributed by atoms with Gasteiger partial charge in [-0.25, -0.2) is 4.79 Å². The van der Waals surface area contributed by atoms with E-state index in [1.54, 1.807) is 20.8 Å². The lowest BCUT2D eigenvalue weighted by Crippen LogP contribution is -2.21. The third kappa shape index (κ3) is 8.71. The second-order valence-corrected chi connectivity index (χ2v) is 10.4. The van der Waals surface area contributed by atoms with E-state index in [1.807, 2.05) is 53.7 Å². The average Bonchev–Trinajstić information content (AvgIpc) is 2.55. The highest BCUT2D eigenvalue weighted by molar-refractivity contribution is 5.77. The van der Waals surface area contributed by atoms with Crippen LogP contribution >= 0.6 is 0 Å². The SMILES string of the molecule is CC(C)(C)OOOC(=O)CCC(=O)OCc1cc(C(C)(C)C)c(O)c(C(C)(C)C)c1. The van der Waals surface area contributed by atoms with Gasteiger partial charge in [0.05, 0.1) is 18.4 Å². The van der Waals surface area contributed by atoms with E-state index in [1.165, 1.54) is 0 Å². The summed E-state index contributed by atoms with van der Waals surface area (Å²) in [4.78, 5) is 32.9. The number of hydrogen-bond acceptors (Lipinski definition) is 7. The fourth-order valence-corrected chi connectivity index (χ4v) is 2.56. The molecular formula is C23H36O7. The highest BCUT2D eigenvalue weighted by Crippen LogP contribution is 2.39. The lowest BCUT2D eigenvalue weighted by molar-refractivity contribution is -0.514. The van der Waals surface area contributed by atoms with Gasteiger partial charge < -0.3 is 9.84 Å². The smallest absolute Gasteiger partial charge is 0.346 e. The Bertz CT molecular complexity index is 711. The normalized spacial score (nSPS) is 12.6. The molecule has 7 heteroatoms. The summed E-state index contributed by atoms with van der Waals surface area (Å²) in [5, 5.41) is 15.1. The lowest BCUT2D eigenvalue weighted by Gasteiger charge is -2.28. The van der Waals surface area contributed by atoms with E-state index < -0.39 is 17.5 Å².